The summed E-state index contributed by atoms with van der Waals surface area (Å²) in [4.78, 5) is 4.86. The van der Waals surface area contributed by atoms with Gasteiger partial charge in [-0.25, -0.2) is 4.98 Å². The minimum Gasteiger partial charge on any atom is -0.320 e. The molecule has 0 aliphatic heterocycles. The van der Waals surface area contributed by atoms with Gasteiger partial charge in [0.15, 0.2) is 0 Å². The minimum absolute atomic E-state index is 0.170. The zero-order valence-electron chi connectivity index (χ0n) is 16.8. The van der Waals surface area contributed by atoms with E-state index in [-0.39, 0.29) is 5.41 Å². The van der Waals surface area contributed by atoms with Gasteiger partial charge < -0.3 is 4.57 Å². The Morgan fingerprint density at radius 1 is 0.786 bits per heavy atom. The molecule has 0 radical (unpaired) electrons. The SMILES string of the molecule is CC(C)(C)c1ccc(Cn2c(C=Cc3ccccc3)nc3ccccc32)cc1. The zero-order valence-corrected chi connectivity index (χ0v) is 16.8. The molecule has 0 aliphatic carbocycles. The van der Waals surface area contributed by atoms with Crippen LogP contribution >= 0.6 is 0 Å². The summed E-state index contributed by atoms with van der Waals surface area (Å²) in [5.74, 6) is 0.977. The van der Waals surface area contributed by atoms with Gasteiger partial charge in [0, 0.05) is 6.54 Å². The number of benzene rings is 3. The highest BCUT2D eigenvalue weighted by molar-refractivity contribution is 5.80. The van der Waals surface area contributed by atoms with Gasteiger partial charge in [-0.3, -0.25) is 0 Å². The van der Waals surface area contributed by atoms with Crippen LogP contribution in [0.1, 0.15) is 43.3 Å². The average Bonchev–Trinajstić information content (AvgIpc) is 3.04. The molecular weight excluding hydrogens is 340 g/mol. The fourth-order valence-corrected chi connectivity index (χ4v) is 3.42. The van der Waals surface area contributed by atoms with E-state index in [2.05, 4.69) is 104 Å². The van der Waals surface area contributed by atoms with Crippen molar-refractivity contribution in [2.75, 3.05) is 0 Å². The van der Waals surface area contributed by atoms with Crippen LogP contribution in [0.15, 0.2) is 78.9 Å². The quantitative estimate of drug-likeness (QED) is 0.400. The number of nitrogens with zero attached hydrogens (tertiary/aromatic N) is 2. The van der Waals surface area contributed by atoms with E-state index in [1.165, 1.54) is 16.7 Å². The predicted molar refractivity (Wildman–Crippen MR) is 119 cm³/mol. The number of rotatable bonds is 4. The summed E-state index contributed by atoms with van der Waals surface area (Å²) in [7, 11) is 0. The maximum Gasteiger partial charge on any atom is 0.134 e. The number of hydrogen-bond acceptors (Lipinski definition) is 1. The standard InChI is InChI=1S/C26H26N2/c1-26(2,3)22-16-13-21(14-17-22)19-28-24-12-8-7-11-23(24)27-25(28)18-15-20-9-5-4-6-10-20/h4-18H,19H2,1-3H3. The van der Waals surface area contributed by atoms with Crippen molar-refractivity contribution in [3.05, 3.63) is 101 Å². The summed E-state index contributed by atoms with van der Waals surface area (Å²) in [6.07, 6.45) is 4.24. The van der Waals surface area contributed by atoms with Crippen molar-refractivity contribution in [2.24, 2.45) is 0 Å². The number of para-hydroxylation sites is 2. The zero-order chi connectivity index (χ0) is 19.6. The molecule has 0 atom stereocenters. The molecular formula is C26H26N2. The fraction of sp³-hybridized carbons (Fsp3) is 0.192. The van der Waals surface area contributed by atoms with Gasteiger partial charge in [-0.15, -0.1) is 0 Å². The molecule has 0 spiro atoms. The smallest absolute Gasteiger partial charge is 0.134 e. The Morgan fingerprint density at radius 3 is 2.18 bits per heavy atom. The van der Waals surface area contributed by atoms with Gasteiger partial charge in [0.1, 0.15) is 5.82 Å². The van der Waals surface area contributed by atoms with E-state index in [4.69, 9.17) is 4.98 Å². The van der Waals surface area contributed by atoms with E-state index in [1.54, 1.807) is 0 Å². The van der Waals surface area contributed by atoms with Crippen LogP contribution in [0.25, 0.3) is 23.2 Å². The van der Waals surface area contributed by atoms with Gasteiger partial charge in [-0.05, 0) is 40.3 Å². The highest BCUT2D eigenvalue weighted by Gasteiger charge is 2.14. The minimum atomic E-state index is 0.170. The maximum atomic E-state index is 4.86. The second-order valence-corrected chi connectivity index (χ2v) is 8.24. The van der Waals surface area contributed by atoms with Crippen molar-refractivity contribution in [1.82, 2.24) is 9.55 Å². The highest BCUT2D eigenvalue weighted by Crippen LogP contribution is 2.24. The van der Waals surface area contributed by atoms with Crippen molar-refractivity contribution in [3.63, 3.8) is 0 Å². The summed E-state index contributed by atoms with van der Waals surface area (Å²) in [5.41, 5.74) is 6.18. The number of fused-ring (bicyclic) bond motifs is 1. The summed E-state index contributed by atoms with van der Waals surface area (Å²) in [6, 6.07) is 27.7. The monoisotopic (exact) mass is 366 g/mol. The Morgan fingerprint density at radius 2 is 1.46 bits per heavy atom. The van der Waals surface area contributed by atoms with Crippen LogP contribution < -0.4 is 0 Å². The molecule has 1 aromatic heterocycles. The lowest BCUT2D eigenvalue weighted by molar-refractivity contribution is 0.590. The normalized spacial score (nSPS) is 12.1. The Bertz CT molecular complexity index is 1090. The molecule has 140 valence electrons. The Balaban J connectivity index is 1.70. The first-order valence-corrected chi connectivity index (χ1v) is 9.78. The second-order valence-electron chi connectivity index (χ2n) is 8.24. The lowest BCUT2D eigenvalue weighted by Crippen LogP contribution is -2.11. The molecule has 0 amide bonds. The van der Waals surface area contributed by atoms with Gasteiger partial charge in [-0.2, -0.15) is 0 Å². The van der Waals surface area contributed by atoms with Gasteiger partial charge in [-0.1, -0.05) is 93.6 Å². The fourth-order valence-electron chi connectivity index (χ4n) is 3.42. The molecule has 0 saturated heterocycles. The molecule has 3 aromatic carbocycles. The Labute approximate surface area is 167 Å². The Hall–Kier alpha value is -3.13. The van der Waals surface area contributed by atoms with E-state index >= 15 is 0 Å². The van der Waals surface area contributed by atoms with Crippen LogP contribution in [0.5, 0.6) is 0 Å². The van der Waals surface area contributed by atoms with Crippen molar-refractivity contribution < 1.29 is 0 Å². The summed E-state index contributed by atoms with van der Waals surface area (Å²) in [5, 5.41) is 0. The van der Waals surface area contributed by atoms with Crippen LogP contribution in [0.3, 0.4) is 0 Å². The van der Waals surface area contributed by atoms with Crippen LogP contribution in [0, 0.1) is 0 Å². The molecule has 2 heteroatoms. The molecule has 0 saturated carbocycles. The first kappa shape index (κ1) is 18.2. The van der Waals surface area contributed by atoms with Crippen LogP contribution in [-0.4, -0.2) is 9.55 Å². The third-order valence-electron chi connectivity index (χ3n) is 5.07. The van der Waals surface area contributed by atoms with Crippen molar-refractivity contribution in [2.45, 2.75) is 32.7 Å². The molecule has 0 N–H and O–H groups in total. The molecule has 28 heavy (non-hydrogen) atoms. The molecule has 1 heterocycles. The largest absolute Gasteiger partial charge is 0.320 e. The molecule has 0 aliphatic rings. The number of aromatic nitrogens is 2. The third kappa shape index (κ3) is 3.91. The maximum absolute atomic E-state index is 4.86. The van der Waals surface area contributed by atoms with E-state index < -0.39 is 0 Å². The summed E-state index contributed by atoms with van der Waals surface area (Å²) >= 11 is 0. The molecule has 0 bridgehead atoms. The van der Waals surface area contributed by atoms with Crippen LogP contribution in [0.4, 0.5) is 0 Å². The van der Waals surface area contributed by atoms with E-state index in [9.17, 15) is 0 Å². The van der Waals surface area contributed by atoms with E-state index in [1.807, 2.05) is 12.1 Å². The summed E-state index contributed by atoms with van der Waals surface area (Å²) < 4.78 is 2.29. The topological polar surface area (TPSA) is 17.8 Å². The molecule has 2 nitrogen and oxygen atoms in total. The lowest BCUT2D eigenvalue weighted by Gasteiger charge is -2.19. The highest BCUT2D eigenvalue weighted by atomic mass is 15.1. The lowest BCUT2D eigenvalue weighted by atomic mass is 9.87. The first-order valence-electron chi connectivity index (χ1n) is 9.78. The number of hydrogen-bond donors (Lipinski definition) is 0. The van der Waals surface area contributed by atoms with E-state index in [0.717, 1.165) is 23.4 Å². The van der Waals surface area contributed by atoms with Gasteiger partial charge in [0.05, 0.1) is 11.0 Å². The van der Waals surface area contributed by atoms with E-state index in [0.29, 0.717) is 0 Å². The summed E-state index contributed by atoms with van der Waals surface area (Å²) in [6.45, 7) is 7.55. The van der Waals surface area contributed by atoms with Crippen LogP contribution in [0.2, 0.25) is 0 Å². The Kier molecular flexibility index (Phi) is 4.87. The molecule has 4 aromatic rings. The van der Waals surface area contributed by atoms with Gasteiger partial charge in [0.25, 0.3) is 0 Å². The molecule has 0 fully saturated rings. The molecule has 4 rings (SSSR count). The predicted octanol–water partition coefficient (Wildman–Crippen LogP) is 6.55. The molecule has 0 unspecified atom stereocenters. The van der Waals surface area contributed by atoms with Gasteiger partial charge in [0.2, 0.25) is 0 Å². The third-order valence-corrected chi connectivity index (χ3v) is 5.07. The number of imidazole rings is 1. The van der Waals surface area contributed by atoms with Crippen LogP contribution in [-0.2, 0) is 12.0 Å². The first-order chi connectivity index (χ1) is 13.5. The second kappa shape index (κ2) is 7.47. The van der Waals surface area contributed by atoms with Gasteiger partial charge >= 0.3 is 0 Å². The van der Waals surface area contributed by atoms with Crippen molar-refractivity contribution in [3.8, 4) is 0 Å². The van der Waals surface area contributed by atoms with Crippen molar-refractivity contribution >= 4 is 23.2 Å². The average molecular weight is 367 g/mol. The van der Waals surface area contributed by atoms with Crippen molar-refractivity contribution in [1.29, 1.82) is 0 Å².